The van der Waals surface area contributed by atoms with E-state index < -0.39 is 6.10 Å². The molecule has 10 heteroatoms. The van der Waals surface area contributed by atoms with E-state index in [1.807, 2.05) is 6.07 Å². The van der Waals surface area contributed by atoms with E-state index >= 15 is 0 Å². The summed E-state index contributed by atoms with van der Waals surface area (Å²) in [4.78, 5) is 38.4. The molecule has 0 radical (unpaired) electrons. The number of fused-ring (bicyclic) bond motifs is 1. The van der Waals surface area contributed by atoms with Gasteiger partial charge in [0.25, 0.3) is 5.91 Å². The first kappa shape index (κ1) is 24.1. The minimum Gasteiger partial charge on any atom is -0.390 e. The van der Waals surface area contributed by atoms with Gasteiger partial charge in [-0.2, -0.15) is 0 Å². The summed E-state index contributed by atoms with van der Waals surface area (Å²) in [5.74, 6) is 0.295. The van der Waals surface area contributed by atoms with Crippen molar-refractivity contribution in [3.05, 3.63) is 53.5 Å². The summed E-state index contributed by atoms with van der Waals surface area (Å²) in [7, 11) is 3.49. The number of anilines is 1. The number of hydrogen-bond donors (Lipinski definition) is 3. The number of carbonyl (C=O) groups is 2. The zero-order valence-corrected chi connectivity index (χ0v) is 19.8. The summed E-state index contributed by atoms with van der Waals surface area (Å²) < 4.78 is 0. The zero-order chi connectivity index (χ0) is 24.1. The first-order chi connectivity index (χ1) is 16.4. The number of likely N-dealkylation sites (N-methyl/N-ethyl adjacent to an activating group) is 1. The van der Waals surface area contributed by atoms with E-state index in [0.29, 0.717) is 18.9 Å². The predicted octanol–water partition coefficient (Wildman–Crippen LogP) is -0.190. The lowest BCUT2D eigenvalue weighted by molar-refractivity contribution is -0.130. The van der Waals surface area contributed by atoms with Gasteiger partial charge in [-0.1, -0.05) is 24.3 Å². The molecule has 2 aliphatic heterocycles. The van der Waals surface area contributed by atoms with Crippen LogP contribution in [0, 0.1) is 0 Å². The molecule has 4 rings (SSSR count). The smallest absolute Gasteiger partial charge is 0.270 e. The molecule has 1 fully saturated rings. The van der Waals surface area contributed by atoms with Crippen molar-refractivity contribution in [2.45, 2.75) is 25.1 Å². The molecule has 1 unspecified atom stereocenters. The number of likely N-dealkylation sites (tertiary alicyclic amines) is 1. The van der Waals surface area contributed by atoms with Gasteiger partial charge in [0, 0.05) is 59.4 Å². The van der Waals surface area contributed by atoms with Crippen molar-refractivity contribution >= 4 is 17.6 Å². The van der Waals surface area contributed by atoms with Gasteiger partial charge >= 0.3 is 0 Å². The molecule has 0 spiro atoms. The first-order valence-electron chi connectivity index (χ1n) is 11.6. The van der Waals surface area contributed by atoms with Crippen LogP contribution in [-0.4, -0.2) is 107 Å². The van der Waals surface area contributed by atoms with Gasteiger partial charge in [-0.25, -0.2) is 9.97 Å². The summed E-state index contributed by atoms with van der Waals surface area (Å²) in [5, 5.41) is 16.5. The molecule has 34 heavy (non-hydrogen) atoms. The first-order valence-corrected chi connectivity index (χ1v) is 11.6. The fourth-order valence-corrected chi connectivity index (χ4v) is 4.27. The van der Waals surface area contributed by atoms with E-state index in [2.05, 4.69) is 48.6 Å². The van der Waals surface area contributed by atoms with Crippen LogP contribution in [-0.2, 0) is 17.8 Å². The Morgan fingerprint density at radius 3 is 2.71 bits per heavy atom. The molecule has 182 valence electrons. The van der Waals surface area contributed by atoms with Crippen molar-refractivity contribution in [2.24, 2.45) is 0 Å². The van der Waals surface area contributed by atoms with Crippen molar-refractivity contribution in [3.63, 3.8) is 0 Å². The third kappa shape index (κ3) is 6.28. The Balaban J connectivity index is 1.20. The van der Waals surface area contributed by atoms with Crippen LogP contribution in [0.2, 0.25) is 0 Å². The van der Waals surface area contributed by atoms with Crippen LogP contribution in [0.25, 0.3) is 0 Å². The SMILES string of the molecule is CN(C)C(=O)CN1CC(Nc2cc(C(=O)NCC(O)CN3CCc4ccccc4C3)ncn2)C1. The van der Waals surface area contributed by atoms with Crippen LogP contribution in [0.3, 0.4) is 0 Å². The quantitative estimate of drug-likeness (QED) is 0.465. The lowest BCUT2D eigenvalue weighted by Crippen LogP contribution is -2.57. The van der Waals surface area contributed by atoms with Crippen LogP contribution in [0.5, 0.6) is 0 Å². The number of aromatic nitrogens is 2. The van der Waals surface area contributed by atoms with Crippen LogP contribution < -0.4 is 10.6 Å². The number of aliphatic hydroxyl groups is 1. The number of nitrogens with one attached hydrogen (secondary N) is 2. The molecule has 1 saturated heterocycles. The maximum Gasteiger partial charge on any atom is 0.270 e. The van der Waals surface area contributed by atoms with Gasteiger partial charge in [0.1, 0.15) is 17.8 Å². The molecule has 3 heterocycles. The fraction of sp³-hybridized carbons (Fsp3) is 0.500. The van der Waals surface area contributed by atoms with Gasteiger partial charge < -0.3 is 20.6 Å². The second-order valence-electron chi connectivity index (χ2n) is 9.23. The zero-order valence-electron chi connectivity index (χ0n) is 19.8. The fourth-order valence-electron chi connectivity index (χ4n) is 4.27. The lowest BCUT2D eigenvalue weighted by Gasteiger charge is -2.39. The third-order valence-corrected chi connectivity index (χ3v) is 6.24. The van der Waals surface area contributed by atoms with Crippen molar-refractivity contribution in [3.8, 4) is 0 Å². The number of amides is 2. The highest BCUT2D eigenvalue weighted by Crippen LogP contribution is 2.18. The number of hydrogen-bond acceptors (Lipinski definition) is 8. The standard InChI is InChI=1S/C24H33N7O3/c1-29(2)23(33)15-31-12-19(13-31)28-22-9-21(26-16-27-22)24(34)25-10-20(32)14-30-8-7-17-5-3-4-6-18(17)11-30/h3-6,9,16,19-20,32H,7-8,10-15H2,1-2H3,(H,25,34)(H,26,27,28). The highest BCUT2D eigenvalue weighted by molar-refractivity contribution is 5.92. The second-order valence-corrected chi connectivity index (χ2v) is 9.23. The van der Waals surface area contributed by atoms with Gasteiger partial charge in [0.15, 0.2) is 0 Å². The Morgan fingerprint density at radius 2 is 1.94 bits per heavy atom. The number of aliphatic hydroxyl groups excluding tert-OH is 1. The molecule has 0 aliphatic carbocycles. The van der Waals surface area contributed by atoms with E-state index in [1.54, 1.807) is 25.1 Å². The van der Waals surface area contributed by atoms with E-state index in [-0.39, 0.29) is 30.1 Å². The van der Waals surface area contributed by atoms with E-state index in [4.69, 9.17) is 0 Å². The van der Waals surface area contributed by atoms with Gasteiger partial charge in [0.2, 0.25) is 5.91 Å². The average Bonchev–Trinajstić information content (AvgIpc) is 2.81. The largest absolute Gasteiger partial charge is 0.390 e. The maximum atomic E-state index is 12.6. The van der Waals surface area contributed by atoms with Crippen LogP contribution in [0.1, 0.15) is 21.6 Å². The van der Waals surface area contributed by atoms with Gasteiger partial charge in [0.05, 0.1) is 18.7 Å². The van der Waals surface area contributed by atoms with Crippen LogP contribution >= 0.6 is 0 Å². The molecular weight excluding hydrogens is 434 g/mol. The van der Waals surface area contributed by atoms with Gasteiger partial charge in [-0.3, -0.25) is 19.4 Å². The second kappa shape index (κ2) is 10.9. The van der Waals surface area contributed by atoms with Crippen molar-refractivity contribution in [1.82, 2.24) is 30.0 Å². The number of carbonyl (C=O) groups excluding carboxylic acids is 2. The number of benzene rings is 1. The number of nitrogens with zero attached hydrogens (tertiary/aromatic N) is 5. The summed E-state index contributed by atoms with van der Waals surface area (Å²) in [6.45, 7) is 4.22. The minimum atomic E-state index is -0.667. The molecule has 1 aromatic carbocycles. The molecule has 3 N–H and O–H groups in total. The van der Waals surface area contributed by atoms with E-state index in [0.717, 1.165) is 32.6 Å². The third-order valence-electron chi connectivity index (χ3n) is 6.24. The maximum absolute atomic E-state index is 12.6. The van der Waals surface area contributed by atoms with Crippen molar-refractivity contribution in [1.29, 1.82) is 0 Å². The van der Waals surface area contributed by atoms with Crippen molar-refractivity contribution < 1.29 is 14.7 Å². The molecule has 1 aromatic heterocycles. The summed E-state index contributed by atoms with van der Waals surface area (Å²) in [6, 6.07) is 10.1. The summed E-state index contributed by atoms with van der Waals surface area (Å²) in [6.07, 6.45) is 1.65. The minimum absolute atomic E-state index is 0.0757. The Kier molecular flexibility index (Phi) is 7.71. The van der Waals surface area contributed by atoms with Gasteiger partial charge in [-0.15, -0.1) is 0 Å². The normalized spacial score (nSPS) is 17.4. The number of β-amino-alcohol motifs (C(OH)–C–C–N with tert-alkyl or cyclic N) is 1. The van der Waals surface area contributed by atoms with Crippen LogP contribution in [0.4, 0.5) is 5.82 Å². The van der Waals surface area contributed by atoms with E-state index in [1.165, 1.54) is 17.5 Å². The molecule has 2 amide bonds. The molecular formula is C24H33N7O3. The summed E-state index contributed by atoms with van der Waals surface area (Å²) in [5.41, 5.74) is 2.91. The Bertz CT molecular complexity index is 1010. The summed E-state index contributed by atoms with van der Waals surface area (Å²) >= 11 is 0. The van der Waals surface area contributed by atoms with Crippen LogP contribution in [0.15, 0.2) is 36.7 Å². The highest BCUT2D eigenvalue weighted by Gasteiger charge is 2.29. The Morgan fingerprint density at radius 1 is 1.18 bits per heavy atom. The number of rotatable bonds is 9. The Labute approximate surface area is 200 Å². The lowest BCUT2D eigenvalue weighted by atomic mass is 10.00. The molecule has 0 bridgehead atoms. The molecule has 10 nitrogen and oxygen atoms in total. The van der Waals surface area contributed by atoms with Gasteiger partial charge in [-0.05, 0) is 17.5 Å². The van der Waals surface area contributed by atoms with Crippen molar-refractivity contribution in [2.75, 3.05) is 58.7 Å². The predicted molar refractivity (Wildman–Crippen MR) is 128 cm³/mol. The molecule has 2 aliphatic rings. The Hall–Kier alpha value is -3.08. The molecule has 0 saturated carbocycles. The highest BCUT2D eigenvalue weighted by atomic mass is 16.3. The molecule has 2 aromatic rings. The average molecular weight is 468 g/mol. The van der Waals surface area contributed by atoms with E-state index in [9.17, 15) is 14.7 Å². The molecule has 1 atom stereocenters. The topological polar surface area (TPSA) is 114 Å². The monoisotopic (exact) mass is 467 g/mol.